The van der Waals surface area contributed by atoms with Gasteiger partial charge in [-0.1, -0.05) is 73.1 Å². The van der Waals surface area contributed by atoms with E-state index in [0.717, 1.165) is 11.1 Å². The van der Waals surface area contributed by atoms with Crippen molar-refractivity contribution in [2.75, 3.05) is 6.54 Å². The highest BCUT2D eigenvalue weighted by atomic mass is 35.5. The molecule has 2 aromatic carbocycles. The maximum Gasteiger partial charge on any atom is 0.228 e. The van der Waals surface area contributed by atoms with Gasteiger partial charge in [0, 0.05) is 29.5 Å². The highest BCUT2D eigenvalue weighted by Gasteiger charge is 2.24. The van der Waals surface area contributed by atoms with Gasteiger partial charge in [-0.25, -0.2) is 0 Å². The molecule has 3 rings (SSSR count). The van der Waals surface area contributed by atoms with E-state index >= 15 is 0 Å². The fraction of sp³-hybridized carbons (Fsp3) is 0.318. The largest absolute Gasteiger partial charge is 0.339 e. The Morgan fingerprint density at radius 3 is 2.54 bits per heavy atom. The van der Waals surface area contributed by atoms with E-state index in [9.17, 15) is 4.79 Å². The molecule has 0 aliphatic heterocycles. The molecule has 5 nitrogen and oxygen atoms in total. The summed E-state index contributed by atoms with van der Waals surface area (Å²) in [5.41, 5.74) is 1.90. The van der Waals surface area contributed by atoms with Crippen LogP contribution in [-0.2, 0) is 11.2 Å². The van der Waals surface area contributed by atoms with E-state index in [-0.39, 0.29) is 17.9 Å². The van der Waals surface area contributed by atoms with E-state index in [1.54, 1.807) is 12.1 Å². The second-order valence-corrected chi connectivity index (χ2v) is 7.48. The van der Waals surface area contributed by atoms with E-state index in [1.165, 1.54) is 0 Å². The first-order chi connectivity index (χ1) is 13.5. The van der Waals surface area contributed by atoms with Gasteiger partial charge in [0.15, 0.2) is 0 Å². The molecule has 0 aliphatic rings. The lowest BCUT2D eigenvalue weighted by atomic mass is 10.0. The zero-order valence-electron chi connectivity index (χ0n) is 16.3. The highest BCUT2D eigenvalue weighted by molar-refractivity contribution is 6.30. The van der Waals surface area contributed by atoms with Crippen molar-refractivity contribution in [2.45, 2.75) is 33.2 Å². The molecule has 0 bridgehead atoms. The Labute approximate surface area is 170 Å². The number of carbonyl (C=O) groups excluding carboxylic acids is 1. The molecule has 28 heavy (non-hydrogen) atoms. The summed E-state index contributed by atoms with van der Waals surface area (Å²) in [4.78, 5) is 19.1. The van der Waals surface area contributed by atoms with Gasteiger partial charge in [0.1, 0.15) is 0 Å². The molecule has 1 aromatic heterocycles. The first kappa shape index (κ1) is 20.1. The Balaban J connectivity index is 1.74. The van der Waals surface area contributed by atoms with Crippen molar-refractivity contribution in [2.24, 2.45) is 5.92 Å². The summed E-state index contributed by atoms with van der Waals surface area (Å²) < 4.78 is 5.39. The lowest BCUT2D eigenvalue weighted by molar-refractivity contribution is -0.136. The zero-order valence-corrected chi connectivity index (χ0v) is 17.1. The molecule has 0 saturated carbocycles. The van der Waals surface area contributed by atoms with Crippen LogP contribution in [0.5, 0.6) is 0 Å². The van der Waals surface area contributed by atoms with E-state index in [1.807, 2.05) is 68.1 Å². The van der Waals surface area contributed by atoms with Crippen molar-refractivity contribution in [1.82, 2.24) is 15.0 Å². The number of aromatic nitrogens is 2. The van der Waals surface area contributed by atoms with Crippen LogP contribution in [0.25, 0.3) is 11.4 Å². The van der Waals surface area contributed by atoms with Gasteiger partial charge in [0.05, 0.1) is 6.04 Å². The molecule has 0 radical (unpaired) electrons. The summed E-state index contributed by atoms with van der Waals surface area (Å²) >= 11 is 6.03. The third kappa shape index (κ3) is 4.78. The van der Waals surface area contributed by atoms with Crippen LogP contribution in [0, 0.1) is 5.92 Å². The molecule has 0 fully saturated rings. The van der Waals surface area contributed by atoms with Crippen molar-refractivity contribution in [3.05, 3.63) is 71.1 Å². The monoisotopic (exact) mass is 397 g/mol. The molecule has 1 heterocycles. The van der Waals surface area contributed by atoms with Gasteiger partial charge in [0.25, 0.3) is 0 Å². The summed E-state index contributed by atoms with van der Waals surface area (Å²) in [7, 11) is 0. The Morgan fingerprint density at radius 2 is 1.86 bits per heavy atom. The molecular formula is C22H24ClN3O2. The molecule has 3 aromatic rings. The van der Waals surface area contributed by atoms with Crippen molar-refractivity contribution in [3.63, 3.8) is 0 Å². The predicted molar refractivity (Wildman–Crippen MR) is 110 cm³/mol. The summed E-state index contributed by atoms with van der Waals surface area (Å²) in [5, 5.41) is 4.66. The number of nitrogens with zero attached hydrogens (tertiary/aromatic N) is 3. The average molecular weight is 398 g/mol. The standard InChI is InChI=1S/C22H24ClN3O2/c1-15(2)22(27)26(16(3)17-8-5-4-6-9-17)13-12-20-24-21(25-28-20)18-10-7-11-19(23)14-18/h4-11,14-16H,12-13H2,1-3H3. The fourth-order valence-electron chi connectivity index (χ4n) is 3.06. The maximum atomic E-state index is 12.8. The van der Waals surface area contributed by atoms with Gasteiger partial charge in [-0.05, 0) is 24.6 Å². The topological polar surface area (TPSA) is 59.2 Å². The average Bonchev–Trinajstić information content (AvgIpc) is 3.17. The van der Waals surface area contributed by atoms with Crippen molar-refractivity contribution >= 4 is 17.5 Å². The predicted octanol–water partition coefficient (Wildman–Crippen LogP) is 5.18. The van der Waals surface area contributed by atoms with Gasteiger partial charge in [-0.15, -0.1) is 0 Å². The Hall–Kier alpha value is -2.66. The van der Waals surface area contributed by atoms with Crippen LogP contribution in [0.2, 0.25) is 5.02 Å². The molecule has 1 unspecified atom stereocenters. The number of benzene rings is 2. The number of halogens is 1. The molecule has 0 spiro atoms. The minimum atomic E-state index is -0.0872. The Kier molecular flexibility index (Phi) is 6.47. The van der Waals surface area contributed by atoms with Crippen LogP contribution in [0.15, 0.2) is 59.1 Å². The molecule has 146 valence electrons. The number of rotatable bonds is 7. The van der Waals surface area contributed by atoms with Crippen molar-refractivity contribution in [1.29, 1.82) is 0 Å². The van der Waals surface area contributed by atoms with E-state index in [4.69, 9.17) is 16.1 Å². The summed E-state index contributed by atoms with van der Waals surface area (Å²) in [6, 6.07) is 17.3. The van der Waals surface area contributed by atoms with E-state index in [0.29, 0.717) is 29.7 Å². The Morgan fingerprint density at radius 1 is 1.11 bits per heavy atom. The first-order valence-corrected chi connectivity index (χ1v) is 9.77. The number of hydrogen-bond acceptors (Lipinski definition) is 4. The molecule has 1 amide bonds. The van der Waals surface area contributed by atoms with Crippen LogP contribution in [0.3, 0.4) is 0 Å². The lowest BCUT2D eigenvalue weighted by Crippen LogP contribution is -2.38. The summed E-state index contributed by atoms with van der Waals surface area (Å²) in [6.07, 6.45) is 0.489. The van der Waals surface area contributed by atoms with E-state index < -0.39 is 0 Å². The molecule has 0 N–H and O–H groups in total. The third-order valence-electron chi connectivity index (χ3n) is 4.64. The third-order valence-corrected chi connectivity index (χ3v) is 4.88. The molecule has 1 atom stereocenters. The maximum absolute atomic E-state index is 12.8. The minimum absolute atomic E-state index is 0.0357. The zero-order chi connectivity index (χ0) is 20.1. The summed E-state index contributed by atoms with van der Waals surface area (Å²) in [6.45, 7) is 6.37. The normalized spacial score (nSPS) is 12.2. The summed E-state index contributed by atoms with van der Waals surface area (Å²) in [5.74, 6) is 1.01. The van der Waals surface area contributed by atoms with Crippen LogP contribution in [0.1, 0.15) is 38.3 Å². The smallest absolute Gasteiger partial charge is 0.228 e. The van der Waals surface area contributed by atoms with Gasteiger partial charge >= 0.3 is 0 Å². The second-order valence-electron chi connectivity index (χ2n) is 7.05. The molecule has 6 heteroatoms. The molecule has 0 saturated heterocycles. The van der Waals surface area contributed by atoms with Gasteiger partial charge in [-0.3, -0.25) is 4.79 Å². The second kappa shape index (κ2) is 9.02. The van der Waals surface area contributed by atoms with Crippen LogP contribution < -0.4 is 0 Å². The van der Waals surface area contributed by atoms with Crippen molar-refractivity contribution in [3.8, 4) is 11.4 Å². The van der Waals surface area contributed by atoms with Gasteiger partial charge in [0.2, 0.25) is 17.6 Å². The number of carbonyl (C=O) groups is 1. The minimum Gasteiger partial charge on any atom is -0.339 e. The Bertz CT molecular complexity index is 924. The quantitative estimate of drug-likeness (QED) is 0.551. The lowest BCUT2D eigenvalue weighted by Gasteiger charge is -2.31. The van der Waals surface area contributed by atoms with Crippen molar-refractivity contribution < 1.29 is 9.32 Å². The van der Waals surface area contributed by atoms with E-state index in [2.05, 4.69) is 10.1 Å². The number of hydrogen-bond donors (Lipinski definition) is 0. The number of amides is 1. The van der Waals surface area contributed by atoms with Gasteiger partial charge in [-0.2, -0.15) is 4.98 Å². The highest BCUT2D eigenvalue weighted by Crippen LogP contribution is 2.23. The van der Waals surface area contributed by atoms with Gasteiger partial charge < -0.3 is 9.42 Å². The molecule has 0 aliphatic carbocycles. The van der Waals surface area contributed by atoms with Crippen LogP contribution >= 0.6 is 11.6 Å². The molecular weight excluding hydrogens is 374 g/mol. The first-order valence-electron chi connectivity index (χ1n) is 9.39. The SMILES string of the molecule is CC(C)C(=O)N(CCc1nc(-c2cccc(Cl)c2)no1)C(C)c1ccccc1. The fourth-order valence-corrected chi connectivity index (χ4v) is 3.25. The van der Waals surface area contributed by atoms with Crippen LogP contribution in [-0.4, -0.2) is 27.5 Å². The van der Waals surface area contributed by atoms with Crippen LogP contribution in [0.4, 0.5) is 0 Å².